The highest BCUT2D eigenvalue weighted by molar-refractivity contribution is 14.0. The van der Waals surface area contributed by atoms with E-state index < -0.39 is 0 Å². The van der Waals surface area contributed by atoms with Gasteiger partial charge in [0.1, 0.15) is 12.2 Å². The number of rotatable bonds is 10. The highest BCUT2D eigenvalue weighted by Gasteiger charge is 2.13. The van der Waals surface area contributed by atoms with Crippen LogP contribution in [0.3, 0.4) is 0 Å². The third-order valence-corrected chi connectivity index (χ3v) is 4.15. The van der Waals surface area contributed by atoms with Gasteiger partial charge in [-0.15, -0.1) is 34.2 Å². The maximum atomic E-state index is 5.40. The molecule has 2 aromatic rings. The van der Waals surface area contributed by atoms with Crippen LogP contribution in [0.25, 0.3) is 0 Å². The molecule has 1 heterocycles. The third-order valence-electron chi connectivity index (χ3n) is 4.15. The van der Waals surface area contributed by atoms with Gasteiger partial charge in [0.05, 0.1) is 27.9 Å². The number of hydrogen-bond acceptors (Lipinski definition) is 6. The topological polar surface area (TPSA) is 94.8 Å². The number of guanidine groups is 1. The Bertz CT molecular complexity index is 756. The van der Waals surface area contributed by atoms with Gasteiger partial charge in [0.25, 0.3) is 0 Å². The fraction of sp³-hybridized carbons (Fsp3) is 0.526. The Labute approximate surface area is 189 Å². The van der Waals surface area contributed by atoms with Crippen LogP contribution in [0.5, 0.6) is 17.2 Å². The first kappa shape index (κ1) is 24.8. The summed E-state index contributed by atoms with van der Waals surface area (Å²) in [5.74, 6) is 3.52. The monoisotopic (exact) mass is 518 g/mol. The average Bonchev–Trinajstić information content (AvgIpc) is 3.18. The van der Waals surface area contributed by atoms with E-state index in [9.17, 15) is 0 Å². The largest absolute Gasteiger partial charge is 0.493 e. The van der Waals surface area contributed by atoms with Crippen LogP contribution in [0, 0.1) is 0 Å². The number of aromatic nitrogens is 3. The molecule has 0 aliphatic carbocycles. The number of hydrogen-bond donors (Lipinski definition) is 2. The van der Waals surface area contributed by atoms with Gasteiger partial charge in [-0.1, -0.05) is 6.92 Å². The fourth-order valence-electron chi connectivity index (χ4n) is 2.77. The lowest BCUT2D eigenvalue weighted by atomic mass is 10.2. The van der Waals surface area contributed by atoms with E-state index in [2.05, 4.69) is 32.7 Å². The Kier molecular flexibility index (Phi) is 11.2. The minimum Gasteiger partial charge on any atom is -0.493 e. The van der Waals surface area contributed by atoms with Crippen LogP contribution >= 0.6 is 24.0 Å². The molecule has 2 rings (SSSR count). The van der Waals surface area contributed by atoms with Crippen LogP contribution < -0.4 is 24.8 Å². The smallest absolute Gasteiger partial charge is 0.203 e. The van der Waals surface area contributed by atoms with Gasteiger partial charge in [0.15, 0.2) is 17.5 Å². The SMILES string of the molecule is CCNC(=NCc1cc(OC)c(OC)c(OC)c1)NCCn1cnnc1CC.I. The Balaban J connectivity index is 0.00000420. The van der Waals surface area contributed by atoms with Crippen molar-refractivity contribution in [2.75, 3.05) is 34.4 Å². The Hall–Kier alpha value is -2.24. The molecule has 1 aromatic carbocycles. The van der Waals surface area contributed by atoms with Crippen LogP contribution in [-0.2, 0) is 19.5 Å². The van der Waals surface area contributed by atoms with Gasteiger partial charge in [0.2, 0.25) is 5.75 Å². The predicted molar refractivity (Wildman–Crippen MR) is 124 cm³/mol. The van der Waals surface area contributed by atoms with E-state index in [-0.39, 0.29) is 24.0 Å². The summed E-state index contributed by atoms with van der Waals surface area (Å²) in [7, 11) is 4.79. The lowest BCUT2D eigenvalue weighted by molar-refractivity contribution is 0.324. The molecular weight excluding hydrogens is 487 g/mol. The van der Waals surface area contributed by atoms with Crippen molar-refractivity contribution in [2.24, 2.45) is 4.99 Å². The van der Waals surface area contributed by atoms with Crippen molar-refractivity contribution in [3.05, 3.63) is 29.8 Å². The number of halogens is 1. The van der Waals surface area contributed by atoms with Crippen LogP contribution in [0.4, 0.5) is 0 Å². The fourth-order valence-corrected chi connectivity index (χ4v) is 2.77. The summed E-state index contributed by atoms with van der Waals surface area (Å²) in [5.41, 5.74) is 0.957. The molecule has 0 spiro atoms. The first-order chi connectivity index (χ1) is 13.7. The van der Waals surface area contributed by atoms with Crippen molar-refractivity contribution < 1.29 is 14.2 Å². The summed E-state index contributed by atoms with van der Waals surface area (Å²) in [6.07, 6.45) is 2.61. The molecule has 1 aromatic heterocycles. The van der Waals surface area contributed by atoms with Crippen LogP contribution in [0.1, 0.15) is 25.2 Å². The molecule has 162 valence electrons. The molecule has 2 N–H and O–H groups in total. The molecule has 0 saturated carbocycles. The molecule has 9 nitrogen and oxygen atoms in total. The van der Waals surface area contributed by atoms with Crippen molar-refractivity contribution in [1.82, 2.24) is 25.4 Å². The van der Waals surface area contributed by atoms with E-state index in [0.29, 0.717) is 30.3 Å². The van der Waals surface area contributed by atoms with Gasteiger partial charge >= 0.3 is 0 Å². The number of aryl methyl sites for hydroxylation is 1. The molecule has 0 bridgehead atoms. The summed E-state index contributed by atoms with van der Waals surface area (Å²) in [5, 5.41) is 14.6. The molecule has 0 unspecified atom stereocenters. The zero-order valence-corrected chi connectivity index (χ0v) is 20.0. The second-order valence-corrected chi connectivity index (χ2v) is 5.95. The zero-order chi connectivity index (χ0) is 20.4. The molecule has 0 atom stereocenters. The maximum Gasteiger partial charge on any atom is 0.203 e. The molecular formula is C19H31IN6O3. The van der Waals surface area contributed by atoms with Crippen molar-refractivity contribution in [2.45, 2.75) is 33.4 Å². The molecule has 0 saturated heterocycles. The van der Waals surface area contributed by atoms with Gasteiger partial charge in [-0.05, 0) is 24.6 Å². The van der Waals surface area contributed by atoms with E-state index in [1.165, 1.54) is 0 Å². The predicted octanol–water partition coefficient (Wildman–Crippen LogP) is 2.24. The second-order valence-electron chi connectivity index (χ2n) is 5.95. The molecule has 0 amide bonds. The quantitative estimate of drug-likeness (QED) is 0.283. The number of nitrogens with zero attached hydrogens (tertiary/aromatic N) is 4. The Morgan fingerprint density at radius 1 is 1.07 bits per heavy atom. The minimum atomic E-state index is 0. The Morgan fingerprint density at radius 3 is 2.31 bits per heavy atom. The van der Waals surface area contributed by atoms with Crippen molar-refractivity contribution in [3.63, 3.8) is 0 Å². The second kappa shape index (κ2) is 13.1. The average molecular weight is 518 g/mol. The number of ether oxygens (including phenoxy) is 3. The lowest BCUT2D eigenvalue weighted by Crippen LogP contribution is -2.38. The number of nitrogens with one attached hydrogen (secondary N) is 2. The summed E-state index contributed by atoms with van der Waals surface area (Å²) >= 11 is 0. The minimum absolute atomic E-state index is 0. The molecule has 0 aliphatic rings. The first-order valence-electron chi connectivity index (χ1n) is 9.34. The van der Waals surface area contributed by atoms with Crippen LogP contribution in [0.2, 0.25) is 0 Å². The van der Waals surface area contributed by atoms with E-state index in [0.717, 1.165) is 36.9 Å². The van der Waals surface area contributed by atoms with Crippen LogP contribution in [0.15, 0.2) is 23.5 Å². The Morgan fingerprint density at radius 2 is 1.76 bits per heavy atom. The summed E-state index contributed by atoms with van der Waals surface area (Å²) in [6.45, 7) is 6.83. The summed E-state index contributed by atoms with van der Waals surface area (Å²) in [6, 6.07) is 3.80. The van der Waals surface area contributed by atoms with Crippen LogP contribution in [-0.4, -0.2) is 55.1 Å². The van der Waals surface area contributed by atoms with Crippen molar-refractivity contribution in [1.29, 1.82) is 0 Å². The van der Waals surface area contributed by atoms with Gasteiger partial charge in [0, 0.05) is 26.1 Å². The van der Waals surface area contributed by atoms with E-state index in [1.54, 1.807) is 27.7 Å². The zero-order valence-electron chi connectivity index (χ0n) is 17.7. The summed E-state index contributed by atoms with van der Waals surface area (Å²) in [4.78, 5) is 4.65. The van der Waals surface area contributed by atoms with E-state index in [4.69, 9.17) is 14.2 Å². The number of benzene rings is 1. The lowest BCUT2D eigenvalue weighted by Gasteiger charge is -2.14. The van der Waals surface area contributed by atoms with Gasteiger partial charge < -0.3 is 29.4 Å². The van der Waals surface area contributed by atoms with Gasteiger partial charge in [-0.3, -0.25) is 0 Å². The standard InChI is InChI=1S/C19H30N6O3.HI/c1-6-17-24-23-13-25(17)9-8-21-19(20-7-2)22-12-14-10-15(26-3)18(28-5)16(11-14)27-4;/h10-11,13H,6-9,12H2,1-5H3,(H2,20,21,22);1H. The van der Waals surface area contributed by atoms with E-state index in [1.807, 2.05) is 23.6 Å². The maximum absolute atomic E-state index is 5.40. The van der Waals surface area contributed by atoms with Gasteiger partial charge in [-0.2, -0.15) is 0 Å². The third kappa shape index (κ3) is 6.94. The van der Waals surface area contributed by atoms with Crippen molar-refractivity contribution in [3.8, 4) is 17.2 Å². The number of methoxy groups -OCH3 is 3. The first-order valence-corrected chi connectivity index (χ1v) is 9.34. The highest BCUT2D eigenvalue weighted by atomic mass is 127. The van der Waals surface area contributed by atoms with Crippen molar-refractivity contribution >= 4 is 29.9 Å². The summed E-state index contributed by atoms with van der Waals surface area (Å²) < 4.78 is 18.2. The molecule has 0 aliphatic heterocycles. The normalized spacial score (nSPS) is 10.9. The molecule has 0 fully saturated rings. The highest BCUT2D eigenvalue weighted by Crippen LogP contribution is 2.38. The molecule has 29 heavy (non-hydrogen) atoms. The molecule has 10 heteroatoms. The number of aliphatic imine (C=N–C) groups is 1. The molecule has 0 radical (unpaired) electrons. The van der Waals surface area contributed by atoms with E-state index >= 15 is 0 Å². The van der Waals surface area contributed by atoms with Gasteiger partial charge in [-0.25, -0.2) is 4.99 Å².